The van der Waals surface area contributed by atoms with E-state index >= 15 is 0 Å². The molecule has 2 rings (SSSR count). The molecule has 1 heterocycles. The second-order valence-electron chi connectivity index (χ2n) is 4.10. The third kappa shape index (κ3) is 3.65. The number of aromatic nitrogens is 2. The molecule has 0 aliphatic rings. The van der Waals surface area contributed by atoms with Gasteiger partial charge in [0.25, 0.3) is 0 Å². The molecular formula is C12H15N5OS. The highest BCUT2D eigenvalue weighted by Gasteiger charge is 2.08. The second kappa shape index (κ2) is 5.66. The number of nitrogens with two attached hydrogens (primary N) is 1. The lowest BCUT2D eigenvalue weighted by molar-refractivity contribution is 0.259. The third-order valence-corrected chi connectivity index (χ3v) is 3.31. The molecule has 1 unspecified atom stereocenters. The van der Waals surface area contributed by atoms with Crippen LogP contribution in [0, 0.1) is 6.92 Å². The molecule has 0 bridgehead atoms. The Bertz CT molecular complexity index is 566. The van der Waals surface area contributed by atoms with E-state index in [0.717, 1.165) is 15.7 Å². The number of urea groups is 1. The van der Waals surface area contributed by atoms with Gasteiger partial charge in [0, 0.05) is 5.69 Å². The maximum absolute atomic E-state index is 10.7. The van der Waals surface area contributed by atoms with E-state index in [1.54, 1.807) is 0 Å². The van der Waals surface area contributed by atoms with Gasteiger partial charge in [-0.05, 0) is 31.5 Å². The second-order valence-corrected chi connectivity index (χ2v) is 5.29. The van der Waals surface area contributed by atoms with Crippen LogP contribution in [0.5, 0.6) is 0 Å². The number of aryl methyl sites for hydroxylation is 1. The quantitative estimate of drug-likeness (QED) is 0.800. The Balaban J connectivity index is 2.02. The minimum atomic E-state index is -0.566. The highest BCUT2D eigenvalue weighted by molar-refractivity contribution is 7.15. The van der Waals surface area contributed by atoms with E-state index in [1.807, 2.05) is 38.1 Å². The molecule has 0 aliphatic heterocycles. The summed E-state index contributed by atoms with van der Waals surface area (Å²) in [7, 11) is 0. The minimum absolute atomic E-state index is 0.106. The zero-order chi connectivity index (χ0) is 13.8. The molecule has 0 aliphatic carbocycles. The lowest BCUT2D eigenvalue weighted by Crippen LogP contribution is -2.19. The molecule has 7 heteroatoms. The van der Waals surface area contributed by atoms with Crippen LogP contribution in [0.15, 0.2) is 24.3 Å². The molecular weight excluding hydrogens is 262 g/mol. The van der Waals surface area contributed by atoms with Gasteiger partial charge in [-0.1, -0.05) is 23.5 Å². The monoisotopic (exact) mass is 277 g/mol. The highest BCUT2D eigenvalue weighted by Crippen LogP contribution is 2.22. The van der Waals surface area contributed by atoms with Gasteiger partial charge in [-0.3, -0.25) is 0 Å². The third-order valence-electron chi connectivity index (χ3n) is 2.54. The first-order chi connectivity index (χ1) is 9.04. The number of amides is 2. The van der Waals surface area contributed by atoms with Gasteiger partial charge >= 0.3 is 6.03 Å². The van der Waals surface area contributed by atoms with Crippen LogP contribution in [0.4, 0.5) is 15.6 Å². The largest absolute Gasteiger partial charge is 0.354 e. The number of carbonyl (C=O) groups is 1. The molecule has 1 aromatic heterocycles. The summed E-state index contributed by atoms with van der Waals surface area (Å²) in [4.78, 5) is 10.7. The minimum Gasteiger partial charge on any atom is -0.354 e. The summed E-state index contributed by atoms with van der Waals surface area (Å²) in [6.07, 6.45) is 0. The maximum Gasteiger partial charge on any atom is 0.316 e. The number of carbonyl (C=O) groups excluding carboxylic acids is 1. The van der Waals surface area contributed by atoms with E-state index in [9.17, 15) is 4.79 Å². The fourth-order valence-corrected chi connectivity index (χ4v) is 2.30. The van der Waals surface area contributed by atoms with Crippen LogP contribution in [-0.2, 0) is 0 Å². The molecule has 100 valence electrons. The van der Waals surface area contributed by atoms with Gasteiger partial charge in [0.1, 0.15) is 5.01 Å². The molecule has 19 heavy (non-hydrogen) atoms. The normalized spacial score (nSPS) is 11.9. The summed E-state index contributed by atoms with van der Waals surface area (Å²) in [5.41, 5.74) is 6.81. The van der Waals surface area contributed by atoms with Crippen LogP contribution in [0.2, 0.25) is 0 Å². The maximum atomic E-state index is 10.7. The Morgan fingerprint density at radius 1 is 1.32 bits per heavy atom. The molecule has 1 atom stereocenters. The summed E-state index contributed by atoms with van der Waals surface area (Å²) in [5.74, 6) is 0. The van der Waals surface area contributed by atoms with Crippen molar-refractivity contribution in [3.8, 4) is 0 Å². The molecule has 0 radical (unpaired) electrons. The smallest absolute Gasteiger partial charge is 0.316 e. The Hall–Kier alpha value is -2.15. The first kappa shape index (κ1) is 13.3. The lowest BCUT2D eigenvalue weighted by atomic mass is 10.1. The highest BCUT2D eigenvalue weighted by atomic mass is 32.1. The van der Waals surface area contributed by atoms with Crippen LogP contribution in [0.3, 0.4) is 0 Å². The van der Waals surface area contributed by atoms with Crippen LogP contribution < -0.4 is 16.4 Å². The molecule has 2 amide bonds. The van der Waals surface area contributed by atoms with Crippen molar-refractivity contribution in [3.05, 3.63) is 34.8 Å². The zero-order valence-corrected chi connectivity index (χ0v) is 11.5. The summed E-state index contributed by atoms with van der Waals surface area (Å²) in [6.45, 7) is 3.95. The average Bonchev–Trinajstić information content (AvgIpc) is 2.75. The van der Waals surface area contributed by atoms with Crippen LogP contribution in [0.1, 0.15) is 23.5 Å². The number of benzene rings is 1. The number of rotatable bonds is 4. The van der Waals surface area contributed by atoms with Crippen molar-refractivity contribution in [1.29, 1.82) is 0 Å². The summed E-state index contributed by atoms with van der Waals surface area (Å²) in [5, 5.41) is 15.5. The fraction of sp³-hybridized carbons (Fsp3) is 0.250. The van der Waals surface area contributed by atoms with Crippen molar-refractivity contribution in [2.45, 2.75) is 19.9 Å². The summed E-state index contributed by atoms with van der Waals surface area (Å²) in [6, 6.07) is 7.01. The van der Waals surface area contributed by atoms with Gasteiger partial charge in [-0.2, -0.15) is 0 Å². The van der Waals surface area contributed by atoms with E-state index in [0.29, 0.717) is 5.69 Å². The molecule has 1 aromatic carbocycles. The molecule has 0 spiro atoms. The Labute approximate surface area is 115 Å². The average molecular weight is 277 g/mol. The predicted octanol–water partition coefficient (Wildman–Crippen LogP) is 2.51. The first-order valence-electron chi connectivity index (χ1n) is 5.77. The predicted molar refractivity (Wildman–Crippen MR) is 76.3 cm³/mol. The van der Waals surface area contributed by atoms with Crippen molar-refractivity contribution in [2.75, 3.05) is 10.6 Å². The molecule has 0 saturated heterocycles. The number of hydrogen-bond acceptors (Lipinski definition) is 5. The number of nitrogens with zero attached hydrogens (tertiary/aromatic N) is 2. The van der Waals surface area contributed by atoms with Gasteiger partial charge in [0.2, 0.25) is 5.13 Å². The molecule has 0 saturated carbocycles. The molecule has 0 fully saturated rings. The van der Waals surface area contributed by atoms with E-state index in [2.05, 4.69) is 20.8 Å². The summed E-state index contributed by atoms with van der Waals surface area (Å²) < 4.78 is 0. The van der Waals surface area contributed by atoms with Crippen LogP contribution in [-0.4, -0.2) is 16.2 Å². The van der Waals surface area contributed by atoms with Gasteiger partial charge < -0.3 is 16.4 Å². The van der Waals surface area contributed by atoms with Crippen molar-refractivity contribution < 1.29 is 4.79 Å². The van der Waals surface area contributed by atoms with Gasteiger partial charge in [-0.25, -0.2) is 4.79 Å². The van der Waals surface area contributed by atoms with Gasteiger partial charge in [0.05, 0.1) is 6.04 Å². The number of anilines is 2. The number of hydrogen-bond donors (Lipinski definition) is 3. The Kier molecular flexibility index (Phi) is 3.96. The number of primary amides is 1. The van der Waals surface area contributed by atoms with Crippen molar-refractivity contribution >= 4 is 28.2 Å². The van der Waals surface area contributed by atoms with Crippen LogP contribution >= 0.6 is 11.3 Å². The standard InChI is InChI=1S/C12H15N5OS/c1-7(14-12-17-16-8(2)19-12)9-3-5-10(6-4-9)15-11(13)18/h3-7H,1-2H3,(H,14,17)(H3,13,15,18). The Morgan fingerprint density at radius 2 is 2.00 bits per heavy atom. The zero-order valence-electron chi connectivity index (χ0n) is 10.7. The van der Waals surface area contributed by atoms with Crippen LogP contribution in [0.25, 0.3) is 0 Å². The lowest BCUT2D eigenvalue weighted by Gasteiger charge is -2.13. The topological polar surface area (TPSA) is 92.9 Å². The van der Waals surface area contributed by atoms with E-state index in [1.165, 1.54) is 11.3 Å². The Morgan fingerprint density at radius 3 is 2.53 bits per heavy atom. The van der Waals surface area contributed by atoms with Crippen molar-refractivity contribution in [3.63, 3.8) is 0 Å². The molecule has 6 nitrogen and oxygen atoms in total. The van der Waals surface area contributed by atoms with E-state index < -0.39 is 6.03 Å². The van der Waals surface area contributed by atoms with E-state index in [-0.39, 0.29) is 6.04 Å². The van der Waals surface area contributed by atoms with Crippen molar-refractivity contribution in [1.82, 2.24) is 10.2 Å². The number of nitrogens with one attached hydrogen (secondary N) is 2. The molecule has 2 aromatic rings. The summed E-state index contributed by atoms with van der Waals surface area (Å²) >= 11 is 1.52. The SMILES string of the molecule is Cc1nnc(NC(C)c2ccc(NC(N)=O)cc2)s1. The fourth-order valence-electron chi connectivity index (χ4n) is 1.62. The van der Waals surface area contributed by atoms with Gasteiger partial charge in [-0.15, -0.1) is 10.2 Å². The first-order valence-corrected chi connectivity index (χ1v) is 6.59. The van der Waals surface area contributed by atoms with E-state index in [4.69, 9.17) is 5.73 Å². The van der Waals surface area contributed by atoms with Gasteiger partial charge in [0.15, 0.2) is 0 Å². The van der Waals surface area contributed by atoms with Crippen molar-refractivity contribution in [2.24, 2.45) is 5.73 Å². The molecule has 4 N–H and O–H groups in total.